The fourth-order valence-corrected chi connectivity index (χ4v) is 2.54. The number of nitrogens with one attached hydrogen (secondary N) is 1. The first-order chi connectivity index (χ1) is 12.8. The third-order valence-corrected chi connectivity index (χ3v) is 3.87. The smallest absolute Gasteiger partial charge is 0.416 e. The summed E-state index contributed by atoms with van der Waals surface area (Å²) in [5.74, 6) is 0.567. The molecule has 0 aliphatic rings. The molecular formula is C20H22F3NO3. The van der Waals surface area contributed by atoms with E-state index in [0.29, 0.717) is 24.7 Å². The minimum atomic E-state index is -4.50. The molecule has 146 valence electrons. The number of hydrogen-bond donors (Lipinski definition) is 1. The van der Waals surface area contributed by atoms with Crippen molar-refractivity contribution in [3.63, 3.8) is 0 Å². The van der Waals surface area contributed by atoms with Crippen LogP contribution in [0.15, 0.2) is 42.5 Å². The largest absolute Gasteiger partial charge is 0.490 e. The second kappa shape index (κ2) is 8.79. The quantitative estimate of drug-likeness (QED) is 0.735. The van der Waals surface area contributed by atoms with Crippen LogP contribution in [0.2, 0.25) is 0 Å². The van der Waals surface area contributed by atoms with Gasteiger partial charge in [-0.2, -0.15) is 13.2 Å². The number of amides is 1. The highest BCUT2D eigenvalue weighted by Crippen LogP contribution is 2.31. The van der Waals surface area contributed by atoms with E-state index in [-0.39, 0.29) is 5.56 Å². The molecule has 0 saturated carbocycles. The van der Waals surface area contributed by atoms with E-state index in [1.165, 1.54) is 12.1 Å². The number of hydrogen-bond acceptors (Lipinski definition) is 3. The van der Waals surface area contributed by atoms with Crippen LogP contribution in [-0.2, 0) is 6.18 Å². The lowest BCUT2D eigenvalue weighted by Crippen LogP contribution is -2.27. The van der Waals surface area contributed by atoms with Crippen LogP contribution >= 0.6 is 0 Å². The highest BCUT2D eigenvalue weighted by molar-refractivity contribution is 5.94. The fourth-order valence-electron chi connectivity index (χ4n) is 2.54. The standard InChI is InChI=1S/C20H22F3NO3/c1-4-26-17-10-9-14(12-18(17)27-5-2)13(3)24-19(25)15-7-6-8-16(11-15)20(21,22)23/h6-13H,4-5H2,1-3H3,(H,24,25)/t13-/m1/s1. The van der Waals surface area contributed by atoms with Gasteiger partial charge < -0.3 is 14.8 Å². The lowest BCUT2D eigenvalue weighted by Gasteiger charge is -2.18. The van der Waals surface area contributed by atoms with Gasteiger partial charge in [0.25, 0.3) is 5.91 Å². The molecule has 1 atom stereocenters. The van der Waals surface area contributed by atoms with Crippen LogP contribution in [0.25, 0.3) is 0 Å². The van der Waals surface area contributed by atoms with Crippen LogP contribution in [0.5, 0.6) is 11.5 Å². The summed E-state index contributed by atoms with van der Waals surface area (Å²) >= 11 is 0. The molecule has 2 aromatic carbocycles. The second-order valence-electron chi connectivity index (χ2n) is 5.85. The van der Waals surface area contributed by atoms with Gasteiger partial charge in [-0.15, -0.1) is 0 Å². The molecule has 7 heteroatoms. The molecule has 0 aliphatic carbocycles. The molecule has 4 nitrogen and oxygen atoms in total. The van der Waals surface area contributed by atoms with E-state index < -0.39 is 23.7 Å². The molecule has 0 unspecified atom stereocenters. The van der Waals surface area contributed by atoms with E-state index in [4.69, 9.17) is 9.47 Å². The van der Waals surface area contributed by atoms with Crippen molar-refractivity contribution in [2.24, 2.45) is 0 Å². The number of carbonyl (C=O) groups excluding carboxylic acids is 1. The van der Waals surface area contributed by atoms with Crippen molar-refractivity contribution in [2.75, 3.05) is 13.2 Å². The lowest BCUT2D eigenvalue weighted by atomic mass is 10.1. The Morgan fingerprint density at radius 2 is 1.70 bits per heavy atom. The highest BCUT2D eigenvalue weighted by Gasteiger charge is 2.31. The Bertz CT molecular complexity index is 790. The zero-order valence-electron chi connectivity index (χ0n) is 15.4. The van der Waals surface area contributed by atoms with E-state index >= 15 is 0 Å². The maximum atomic E-state index is 12.8. The van der Waals surface area contributed by atoms with Crippen molar-refractivity contribution >= 4 is 5.91 Å². The predicted molar refractivity (Wildman–Crippen MR) is 96.1 cm³/mol. The molecule has 1 amide bonds. The third-order valence-electron chi connectivity index (χ3n) is 3.87. The van der Waals surface area contributed by atoms with Crippen LogP contribution in [0, 0.1) is 0 Å². The maximum absolute atomic E-state index is 12.8. The van der Waals surface area contributed by atoms with E-state index in [0.717, 1.165) is 17.7 Å². The number of halogens is 3. The topological polar surface area (TPSA) is 47.6 Å². The van der Waals surface area contributed by atoms with Crippen molar-refractivity contribution in [3.05, 3.63) is 59.2 Å². The van der Waals surface area contributed by atoms with Gasteiger partial charge in [0.2, 0.25) is 0 Å². The first-order valence-corrected chi connectivity index (χ1v) is 8.63. The first kappa shape index (κ1) is 20.6. The summed E-state index contributed by atoms with van der Waals surface area (Å²) < 4.78 is 49.5. The summed E-state index contributed by atoms with van der Waals surface area (Å²) in [6, 6.07) is 9.19. The Morgan fingerprint density at radius 1 is 1.04 bits per heavy atom. The minimum Gasteiger partial charge on any atom is -0.490 e. The Labute approximate surface area is 156 Å². The number of ether oxygens (including phenoxy) is 2. The van der Waals surface area contributed by atoms with E-state index in [1.807, 2.05) is 13.8 Å². The Kier molecular flexibility index (Phi) is 6.71. The number of rotatable bonds is 7. The molecule has 2 aromatic rings. The van der Waals surface area contributed by atoms with Crippen LogP contribution in [0.4, 0.5) is 13.2 Å². The van der Waals surface area contributed by atoms with Gasteiger partial charge in [-0.3, -0.25) is 4.79 Å². The summed E-state index contributed by atoms with van der Waals surface area (Å²) in [6.45, 7) is 6.40. The Balaban J connectivity index is 2.18. The van der Waals surface area contributed by atoms with Gasteiger partial charge in [-0.25, -0.2) is 0 Å². The monoisotopic (exact) mass is 381 g/mol. The molecule has 0 radical (unpaired) electrons. The third kappa shape index (κ3) is 5.39. The van der Waals surface area contributed by atoms with Crippen molar-refractivity contribution in [1.29, 1.82) is 0 Å². The number of carbonyl (C=O) groups is 1. The van der Waals surface area contributed by atoms with Gasteiger partial charge in [0.05, 0.1) is 24.8 Å². The molecule has 0 aliphatic heterocycles. The molecule has 0 saturated heterocycles. The van der Waals surface area contributed by atoms with Crippen molar-refractivity contribution in [2.45, 2.75) is 33.0 Å². The number of alkyl halides is 3. The van der Waals surface area contributed by atoms with Gasteiger partial charge in [0, 0.05) is 5.56 Å². The predicted octanol–water partition coefficient (Wildman–Crippen LogP) is 4.99. The molecule has 0 fully saturated rings. The van der Waals surface area contributed by atoms with Crippen molar-refractivity contribution in [3.8, 4) is 11.5 Å². The molecular weight excluding hydrogens is 359 g/mol. The second-order valence-corrected chi connectivity index (χ2v) is 5.85. The average Bonchev–Trinajstić information content (AvgIpc) is 2.63. The van der Waals surface area contributed by atoms with E-state index in [2.05, 4.69) is 5.32 Å². The fraction of sp³-hybridized carbons (Fsp3) is 0.350. The molecule has 0 heterocycles. The summed E-state index contributed by atoms with van der Waals surface area (Å²) in [5, 5.41) is 2.71. The summed E-state index contributed by atoms with van der Waals surface area (Å²) in [5.41, 5.74) is -0.155. The Morgan fingerprint density at radius 3 is 2.33 bits per heavy atom. The lowest BCUT2D eigenvalue weighted by molar-refractivity contribution is -0.137. The highest BCUT2D eigenvalue weighted by atomic mass is 19.4. The van der Waals surface area contributed by atoms with Crippen molar-refractivity contribution < 1.29 is 27.4 Å². The molecule has 2 rings (SSSR count). The molecule has 1 N–H and O–H groups in total. The Hall–Kier alpha value is -2.70. The van der Waals surface area contributed by atoms with Gasteiger partial charge in [-0.05, 0) is 56.7 Å². The molecule has 0 aromatic heterocycles. The summed E-state index contributed by atoms with van der Waals surface area (Å²) in [6.07, 6.45) is -4.50. The molecule has 0 spiro atoms. The van der Waals surface area contributed by atoms with Crippen LogP contribution in [0.3, 0.4) is 0 Å². The minimum absolute atomic E-state index is 0.0485. The van der Waals surface area contributed by atoms with Crippen LogP contribution < -0.4 is 14.8 Å². The first-order valence-electron chi connectivity index (χ1n) is 8.63. The van der Waals surface area contributed by atoms with Crippen molar-refractivity contribution in [1.82, 2.24) is 5.32 Å². The average molecular weight is 381 g/mol. The zero-order valence-corrected chi connectivity index (χ0v) is 15.4. The van der Waals surface area contributed by atoms with Crippen LogP contribution in [0.1, 0.15) is 48.3 Å². The normalized spacial score (nSPS) is 12.4. The zero-order chi connectivity index (χ0) is 20.0. The van der Waals surface area contributed by atoms with Gasteiger partial charge >= 0.3 is 6.18 Å². The molecule has 27 heavy (non-hydrogen) atoms. The molecule has 0 bridgehead atoms. The van der Waals surface area contributed by atoms with E-state index in [1.54, 1.807) is 25.1 Å². The maximum Gasteiger partial charge on any atom is 0.416 e. The van der Waals surface area contributed by atoms with Gasteiger partial charge in [0.1, 0.15) is 0 Å². The number of benzene rings is 2. The summed E-state index contributed by atoms with van der Waals surface area (Å²) in [4.78, 5) is 12.4. The van der Waals surface area contributed by atoms with Gasteiger partial charge in [0.15, 0.2) is 11.5 Å². The SMILES string of the molecule is CCOc1ccc([C@@H](C)NC(=O)c2cccc(C(F)(F)F)c2)cc1OCC. The summed E-state index contributed by atoms with van der Waals surface area (Å²) in [7, 11) is 0. The van der Waals surface area contributed by atoms with E-state index in [9.17, 15) is 18.0 Å². The van der Waals surface area contributed by atoms with Gasteiger partial charge in [-0.1, -0.05) is 12.1 Å². The van der Waals surface area contributed by atoms with Crippen LogP contribution in [-0.4, -0.2) is 19.1 Å².